The molecule has 0 aliphatic carbocycles. The van der Waals surface area contributed by atoms with Crippen LogP contribution in [0.15, 0.2) is 36.9 Å². The number of hydrogen-bond donors (Lipinski definition) is 1. The van der Waals surface area contributed by atoms with Crippen molar-refractivity contribution in [3.05, 3.63) is 48.3 Å². The number of nitrogens with one attached hydrogen (secondary N) is 1. The summed E-state index contributed by atoms with van der Waals surface area (Å²) in [6.45, 7) is 0.895. The van der Waals surface area contributed by atoms with Crippen molar-refractivity contribution in [2.45, 2.75) is 19.5 Å². The summed E-state index contributed by atoms with van der Waals surface area (Å²) in [5, 5.41) is 6.66. The molecule has 1 heterocycles. The highest BCUT2D eigenvalue weighted by Crippen LogP contribution is 2.02. The fourth-order valence-corrected chi connectivity index (χ4v) is 1.46. The maximum absolute atomic E-state index is 12.7. The van der Waals surface area contributed by atoms with E-state index in [2.05, 4.69) is 15.4 Å². The van der Waals surface area contributed by atoms with Crippen LogP contribution in [0.1, 0.15) is 12.0 Å². The molecule has 2 rings (SSSR count). The van der Waals surface area contributed by atoms with Gasteiger partial charge in [0.05, 0.1) is 6.54 Å². The molecule has 0 spiro atoms. The molecule has 0 aliphatic rings. The van der Waals surface area contributed by atoms with Crippen LogP contribution in [0.3, 0.4) is 0 Å². The Morgan fingerprint density at radius 2 is 2.11 bits per heavy atom. The molecule has 94 valence electrons. The topological polar surface area (TPSA) is 59.8 Å². The Kier molecular flexibility index (Phi) is 4.01. The summed E-state index contributed by atoms with van der Waals surface area (Å²) in [4.78, 5) is 15.3. The molecule has 2 aromatic rings. The predicted molar refractivity (Wildman–Crippen MR) is 62.9 cm³/mol. The van der Waals surface area contributed by atoms with Gasteiger partial charge in [0, 0.05) is 13.0 Å². The summed E-state index contributed by atoms with van der Waals surface area (Å²) in [5.74, 6) is -0.355. The number of carbonyl (C=O) groups is 1. The van der Waals surface area contributed by atoms with Gasteiger partial charge in [-0.25, -0.2) is 9.37 Å². The third kappa shape index (κ3) is 3.65. The largest absolute Gasteiger partial charge is 0.352 e. The van der Waals surface area contributed by atoms with Crippen molar-refractivity contribution in [3.63, 3.8) is 0 Å². The highest BCUT2D eigenvalue weighted by Gasteiger charge is 2.02. The quantitative estimate of drug-likeness (QED) is 0.862. The first kappa shape index (κ1) is 12.2. The van der Waals surface area contributed by atoms with E-state index >= 15 is 0 Å². The summed E-state index contributed by atoms with van der Waals surface area (Å²) in [6.07, 6.45) is 3.33. The molecule has 0 fully saturated rings. The lowest BCUT2D eigenvalue weighted by Gasteiger charge is -2.05. The highest BCUT2D eigenvalue weighted by atomic mass is 19.1. The molecule has 6 heteroatoms. The Bertz CT molecular complexity index is 495. The SMILES string of the molecule is O=C(CCn1cncn1)NCc1ccc(F)cc1. The number of rotatable bonds is 5. The zero-order valence-corrected chi connectivity index (χ0v) is 9.71. The maximum Gasteiger partial charge on any atom is 0.222 e. The Labute approximate surface area is 104 Å². The van der Waals surface area contributed by atoms with Crippen molar-refractivity contribution in [1.29, 1.82) is 0 Å². The molecule has 0 atom stereocenters. The van der Waals surface area contributed by atoms with E-state index in [9.17, 15) is 9.18 Å². The van der Waals surface area contributed by atoms with Crippen LogP contribution < -0.4 is 5.32 Å². The number of nitrogens with zero attached hydrogens (tertiary/aromatic N) is 3. The van der Waals surface area contributed by atoms with Gasteiger partial charge in [-0.1, -0.05) is 12.1 Å². The number of halogens is 1. The van der Waals surface area contributed by atoms with E-state index in [0.29, 0.717) is 19.5 Å². The van der Waals surface area contributed by atoms with Gasteiger partial charge >= 0.3 is 0 Å². The molecular formula is C12H13FN4O. The van der Waals surface area contributed by atoms with Gasteiger partial charge in [-0.3, -0.25) is 9.48 Å². The van der Waals surface area contributed by atoms with Crippen LogP contribution in [0.4, 0.5) is 4.39 Å². The van der Waals surface area contributed by atoms with Crippen LogP contribution in [0.2, 0.25) is 0 Å². The minimum Gasteiger partial charge on any atom is -0.352 e. The van der Waals surface area contributed by atoms with E-state index < -0.39 is 0 Å². The van der Waals surface area contributed by atoms with Gasteiger partial charge in [-0.2, -0.15) is 5.10 Å². The number of carbonyl (C=O) groups excluding carboxylic acids is 1. The first-order chi connectivity index (χ1) is 8.74. The van der Waals surface area contributed by atoms with Crippen molar-refractivity contribution in [2.24, 2.45) is 0 Å². The standard InChI is InChI=1S/C12H13FN4O/c13-11-3-1-10(2-4-11)7-15-12(18)5-6-17-9-14-8-16-17/h1-4,8-9H,5-7H2,(H,15,18). The van der Waals surface area contributed by atoms with E-state index in [1.165, 1.54) is 18.5 Å². The molecule has 1 amide bonds. The van der Waals surface area contributed by atoms with E-state index in [0.717, 1.165) is 5.56 Å². The van der Waals surface area contributed by atoms with Crippen molar-refractivity contribution >= 4 is 5.91 Å². The first-order valence-corrected chi connectivity index (χ1v) is 5.57. The van der Waals surface area contributed by atoms with E-state index in [-0.39, 0.29) is 11.7 Å². The summed E-state index contributed by atoms with van der Waals surface area (Å²) >= 11 is 0. The Hall–Kier alpha value is -2.24. The molecule has 1 aromatic carbocycles. The summed E-state index contributed by atoms with van der Waals surface area (Å²) in [6, 6.07) is 6.04. The monoisotopic (exact) mass is 248 g/mol. The summed E-state index contributed by atoms with van der Waals surface area (Å²) in [7, 11) is 0. The lowest BCUT2D eigenvalue weighted by molar-refractivity contribution is -0.121. The molecule has 0 unspecified atom stereocenters. The smallest absolute Gasteiger partial charge is 0.222 e. The fourth-order valence-electron chi connectivity index (χ4n) is 1.46. The van der Waals surface area contributed by atoms with Crippen LogP contribution in [-0.4, -0.2) is 20.7 Å². The number of aryl methyl sites for hydroxylation is 1. The molecule has 0 saturated carbocycles. The second kappa shape index (κ2) is 5.90. The Balaban J connectivity index is 1.73. The average molecular weight is 248 g/mol. The van der Waals surface area contributed by atoms with Gasteiger partial charge in [0.15, 0.2) is 0 Å². The van der Waals surface area contributed by atoms with Crippen LogP contribution in [0.25, 0.3) is 0 Å². The van der Waals surface area contributed by atoms with Crippen LogP contribution >= 0.6 is 0 Å². The van der Waals surface area contributed by atoms with Crippen molar-refractivity contribution in [1.82, 2.24) is 20.1 Å². The van der Waals surface area contributed by atoms with Crippen LogP contribution in [-0.2, 0) is 17.9 Å². The van der Waals surface area contributed by atoms with Gasteiger partial charge in [-0.05, 0) is 17.7 Å². The fraction of sp³-hybridized carbons (Fsp3) is 0.250. The van der Waals surface area contributed by atoms with Crippen LogP contribution in [0.5, 0.6) is 0 Å². The molecule has 1 aromatic heterocycles. The summed E-state index contributed by atoms with van der Waals surface area (Å²) < 4.78 is 14.3. The van der Waals surface area contributed by atoms with E-state index in [1.807, 2.05) is 0 Å². The van der Waals surface area contributed by atoms with Crippen molar-refractivity contribution in [3.8, 4) is 0 Å². The number of benzene rings is 1. The maximum atomic E-state index is 12.7. The second-order valence-corrected chi connectivity index (χ2v) is 3.81. The Morgan fingerprint density at radius 1 is 1.33 bits per heavy atom. The minimum atomic E-state index is -0.281. The average Bonchev–Trinajstić information content (AvgIpc) is 2.89. The van der Waals surface area contributed by atoms with Crippen molar-refractivity contribution in [2.75, 3.05) is 0 Å². The van der Waals surface area contributed by atoms with E-state index in [1.54, 1.807) is 23.1 Å². The van der Waals surface area contributed by atoms with E-state index in [4.69, 9.17) is 0 Å². The van der Waals surface area contributed by atoms with Crippen LogP contribution in [0, 0.1) is 5.82 Å². The van der Waals surface area contributed by atoms with Gasteiger partial charge in [0.1, 0.15) is 18.5 Å². The highest BCUT2D eigenvalue weighted by molar-refractivity contribution is 5.75. The molecule has 0 aliphatic heterocycles. The predicted octanol–water partition coefficient (Wildman–Crippen LogP) is 1.12. The minimum absolute atomic E-state index is 0.0742. The normalized spacial score (nSPS) is 10.3. The summed E-state index contributed by atoms with van der Waals surface area (Å²) in [5.41, 5.74) is 0.866. The second-order valence-electron chi connectivity index (χ2n) is 3.81. The lowest BCUT2D eigenvalue weighted by atomic mass is 10.2. The molecule has 0 radical (unpaired) electrons. The third-order valence-corrected chi connectivity index (χ3v) is 2.44. The third-order valence-electron chi connectivity index (χ3n) is 2.44. The zero-order chi connectivity index (χ0) is 12.8. The molecular weight excluding hydrogens is 235 g/mol. The first-order valence-electron chi connectivity index (χ1n) is 5.57. The zero-order valence-electron chi connectivity index (χ0n) is 9.71. The molecule has 18 heavy (non-hydrogen) atoms. The van der Waals surface area contributed by atoms with Gasteiger partial charge < -0.3 is 5.32 Å². The Morgan fingerprint density at radius 3 is 2.78 bits per heavy atom. The molecule has 0 bridgehead atoms. The van der Waals surface area contributed by atoms with Gasteiger partial charge in [0.25, 0.3) is 0 Å². The molecule has 5 nitrogen and oxygen atoms in total. The number of aromatic nitrogens is 3. The van der Waals surface area contributed by atoms with Gasteiger partial charge in [-0.15, -0.1) is 0 Å². The van der Waals surface area contributed by atoms with Crippen molar-refractivity contribution < 1.29 is 9.18 Å². The number of amides is 1. The van der Waals surface area contributed by atoms with Gasteiger partial charge in [0.2, 0.25) is 5.91 Å². The lowest BCUT2D eigenvalue weighted by Crippen LogP contribution is -2.24. The molecule has 0 saturated heterocycles. The number of hydrogen-bond acceptors (Lipinski definition) is 3. The molecule has 1 N–H and O–H groups in total.